The molecule has 2 rings (SSSR count). The van der Waals surface area contributed by atoms with Crippen molar-refractivity contribution in [3.05, 3.63) is 34.1 Å². The normalized spacial score (nSPS) is 17.3. The van der Waals surface area contributed by atoms with E-state index in [0.717, 1.165) is 0 Å². The quantitative estimate of drug-likeness (QED) is 0.722. The number of nitrogens with zero attached hydrogens (tertiary/aromatic N) is 1. The molecule has 0 saturated carbocycles. The molecule has 1 aromatic carbocycles. The van der Waals surface area contributed by atoms with E-state index in [1.807, 2.05) is 0 Å². The second kappa shape index (κ2) is 9.27. The Hall–Kier alpha value is -0.0800. The number of halogens is 7. The molecule has 1 fully saturated rings. The number of alkyl halides is 3. The minimum atomic E-state index is -4.33. The van der Waals surface area contributed by atoms with E-state index < -0.39 is 24.5 Å². The Morgan fingerprint density at radius 2 is 1.77 bits per heavy atom. The largest absolute Gasteiger partial charge is 0.390 e. The molecule has 1 atom stereocenters. The summed E-state index contributed by atoms with van der Waals surface area (Å²) in [6.07, 6.45) is -5.37. The van der Waals surface area contributed by atoms with Crippen LogP contribution in [0.3, 0.4) is 0 Å². The highest BCUT2D eigenvalue weighted by Gasteiger charge is 2.37. The Labute approximate surface area is 147 Å². The smallest absolute Gasteiger partial charge is 0.314 e. The van der Waals surface area contributed by atoms with Crippen molar-refractivity contribution in [2.24, 2.45) is 0 Å². The Balaban J connectivity index is 0.00000220. The highest BCUT2D eigenvalue weighted by atomic mass is 79.9. The van der Waals surface area contributed by atoms with E-state index in [9.17, 15) is 17.6 Å². The van der Waals surface area contributed by atoms with Gasteiger partial charge in [-0.25, -0.2) is 4.39 Å². The zero-order chi connectivity index (χ0) is 14.8. The maximum Gasteiger partial charge on any atom is 0.390 e. The predicted octanol–water partition coefficient (Wildman–Crippen LogP) is 4.33. The van der Waals surface area contributed by atoms with E-state index in [2.05, 4.69) is 21.2 Å². The number of piperazine rings is 1. The van der Waals surface area contributed by atoms with Crippen LogP contribution in [-0.2, 0) is 0 Å². The lowest BCUT2D eigenvalue weighted by molar-refractivity contribution is -0.149. The summed E-state index contributed by atoms with van der Waals surface area (Å²) >= 11 is 3.19. The summed E-state index contributed by atoms with van der Waals surface area (Å²) in [6, 6.07) is 3.15. The van der Waals surface area contributed by atoms with E-state index in [1.54, 1.807) is 4.90 Å². The fourth-order valence-electron chi connectivity index (χ4n) is 2.42. The minimum absolute atomic E-state index is 0. The standard InChI is InChI=1S/C13H15BrF4N2.2ClH/c14-9-1-2-11(15)10(7-9)12(8-13(16,17)18)20-5-3-19-4-6-20;;/h1-2,7,12,19H,3-6,8H2;2*1H/t12-;;/m1../s1. The van der Waals surface area contributed by atoms with Gasteiger partial charge in [-0.2, -0.15) is 13.2 Å². The maximum absolute atomic E-state index is 13.9. The number of nitrogens with one attached hydrogen (secondary N) is 1. The van der Waals surface area contributed by atoms with Gasteiger partial charge in [-0.1, -0.05) is 15.9 Å². The van der Waals surface area contributed by atoms with Crippen LogP contribution in [0.1, 0.15) is 18.0 Å². The Bertz CT molecular complexity index is 468. The van der Waals surface area contributed by atoms with E-state index in [-0.39, 0.29) is 30.4 Å². The summed E-state index contributed by atoms with van der Waals surface area (Å²) in [7, 11) is 0. The summed E-state index contributed by atoms with van der Waals surface area (Å²) < 4.78 is 52.9. The second-order valence-electron chi connectivity index (χ2n) is 4.79. The average Bonchev–Trinajstić information content (AvgIpc) is 2.39. The van der Waals surface area contributed by atoms with Gasteiger partial charge in [0.25, 0.3) is 0 Å². The molecule has 0 radical (unpaired) electrons. The van der Waals surface area contributed by atoms with Crippen LogP contribution in [0.5, 0.6) is 0 Å². The fraction of sp³-hybridized carbons (Fsp3) is 0.538. The molecular formula is C13H17BrCl2F4N2. The van der Waals surface area contributed by atoms with Gasteiger partial charge in [0.2, 0.25) is 0 Å². The maximum atomic E-state index is 13.9. The van der Waals surface area contributed by atoms with E-state index in [1.165, 1.54) is 18.2 Å². The highest BCUT2D eigenvalue weighted by molar-refractivity contribution is 9.10. The van der Waals surface area contributed by atoms with E-state index in [0.29, 0.717) is 30.7 Å². The van der Waals surface area contributed by atoms with Crippen LogP contribution >= 0.6 is 40.7 Å². The molecule has 0 unspecified atom stereocenters. The van der Waals surface area contributed by atoms with Crippen molar-refractivity contribution in [1.29, 1.82) is 0 Å². The molecule has 1 saturated heterocycles. The molecule has 9 heteroatoms. The van der Waals surface area contributed by atoms with Crippen LogP contribution in [0.15, 0.2) is 22.7 Å². The Kier molecular flexibility index (Phi) is 9.24. The van der Waals surface area contributed by atoms with Gasteiger partial charge >= 0.3 is 6.18 Å². The topological polar surface area (TPSA) is 15.3 Å². The third kappa shape index (κ3) is 6.20. The third-order valence-corrected chi connectivity index (χ3v) is 3.83. The molecule has 0 aromatic heterocycles. The first kappa shape index (κ1) is 21.9. The van der Waals surface area contributed by atoms with Crippen molar-refractivity contribution in [3.63, 3.8) is 0 Å². The van der Waals surface area contributed by atoms with Crippen molar-refractivity contribution in [2.45, 2.75) is 18.6 Å². The van der Waals surface area contributed by atoms with Crippen LogP contribution in [-0.4, -0.2) is 37.3 Å². The van der Waals surface area contributed by atoms with E-state index in [4.69, 9.17) is 0 Å². The summed E-state index contributed by atoms with van der Waals surface area (Å²) in [5.74, 6) is -0.596. The summed E-state index contributed by atoms with van der Waals surface area (Å²) in [4.78, 5) is 1.69. The first-order valence-electron chi connectivity index (χ1n) is 6.33. The van der Waals surface area contributed by atoms with Crippen LogP contribution in [0, 0.1) is 5.82 Å². The van der Waals surface area contributed by atoms with Crippen molar-refractivity contribution in [2.75, 3.05) is 26.2 Å². The fourth-order valence-corrected chi connectivity index (χ4v) is 2.80. The lowest BCUT2D eigenvalue weighted by Gasteiger charge is -2.35. The van der Waals surface area contributed by atoms with Gasteiger partial charge in [0.05, 0.1) is 6.42 Å². The molecule has 1 aromatic rings. The van der Waals surface area contributed by atoms with Crippen LogP contribution in [0.25, 0.3) is 0 Å². The number of hydrogen-bond donors (Lipinski definition) is 1. The molecule has 22 heavy (non-hydrogen) atoms. The molecule has 1 aliphatic heterocycles. The molecule has 2 nitrogen and oxygen atoms in total. The van der Waals surface area contributed by atoms with Gasteiger partial charge < -0.3 is 5.32 Å². The first-order chi connectivity index (χ1) is 9.37. The average molecular weight is 428 g/mol. The highest BCUT2D eigenvalue weighted by Crippen LogP contribution is 2.36. The SMILES string of the molecule is Cl.Cl.Fc1ccc(Br)cc1[C@@H](CC(F)(F)F)N1CCNCC1. The van der Waals surface area contributed by atoms with Crippen LogP contribution in [0.2, 0.25) is 0 Å². The van der Waals surface area contributed by atoms with Gasteiger partial charge in [0, 0.05) is 42.3 Å². The number of hydrogen-bond acceptors (Lipinski definition) is 2. The third-order valence-electron chi connectivity index (χ3n) is 3.33. The van der Waals surface area contributed by atoms with Crippen molar-refractivity contribution >= 4 is 40.7 Å². The molecule has 0 bridgehead atoms. The molecule has 0 amide bonds. The van der Waals surface area contributed by atoms with Crippen LogP contribution < -0.4 is 5.32 Å². The summed E-state index contributed by atoms with van der Waals surface area (Å²) in [5.41, 5.74) is 0.0959. The van der Waals surface area contributed by atoms with Gasteiger partial charge in [0.1, 0.15) is 5.82 Å². The van der Waals surface area contributed by atoms with Crippen LogP contribution in [0.4, 0.5) is 17.6 Å². The molecule has 0 spiro atoms. The Morgan fingerprint density at radius 3 is 2.32 bits per heavy atom. The molecule has 1 heterocycles. The molecule has 1 N–H and O–H groups in total. The van der Waals surface area contributed by atoms with Crippen molar-refractivity contribution < 1.29 is 17.6 Å². The number of benzene rings is 1. The predicted molar refractivity (Wildman–Crippen MR) is 86.5 cm³/mol. The zero-order valence-electron chi connectivity index (χ0n) is 11.5. The summed E-state index contributed by atoms with van der Waals surface area (Å²) in [6.45, 7) is 2.19. The minimum Gasteiger partial charge on any atom is -0.314 e. The van der Waals surface area contributed by atoms with Gasteiger partial charge in [-0.05, 0) is 18.2 Å². The van der Waals surface area contributed by atoms with Gasteiger partial charge in [-0.15, -0.1) is 24.8 Å². The van der Waals surface area contributed by atoms with Gasteiger partial charge in [0.15, 0.2) is 0 Å². The van der Waals surface area contributed by atoms with Crippen molar-refractivity contribution in [3.8, 4) is 0 Å². The van der Waals surface area contributed by atoms with Crippen molar-refractivity contribution in [1.82, 2.24) is 10.2 Å². The van der Waals surface area contributed by atoms with Gasteiger partial charge in [-0.3, -0.25) is 4.90 Å². The first-order valence-corrected chi connectivity index (χ1v) is 7.12. The Morgan fingerprint density at radius 1 is 1.18 bits per heavy atom. The molecular weight excluding hydrogens is 411 g/mol. The zero-order valence-corrected chi connectivity index (χ0v) is 14.7. The molecule has 128 valence electrons. The monoisotopic (exact) mass is 426 g/mol. The molecule has 0 aliphatic carbocycles. The lowest BCUT2D eigenvalue weighted by atomic mass is 10.0. The molecule has 1 aliphatic rings. The number of rotatable bonds is 3. The second-order valence-corrected chi connectivity index (χ2v) is 5.70. The van der Waals surface area contributed by atoms with E-state index >= 15 is 0 Å². The lowest BCUT2D eigenvalue weighted by Crippen LogP contribution is -2.46. The summed E-state index contributed by atoms with van der Waals surface area (Å²) in [5, 5.41) is 3.08.